The van der Waals surface area contributed by atoms with Gasteiger partial charge in [0.1, 0.15) is 0 Å². The van der Waals surface area contributed by atoms with Crippen molar-refractivity contribution in [3.05, 3.63) is 54.4 Å². The number of nitrogens with zero attached hydrogens (tertiary/aromatic N) is 2. The number of amides is 1. The van der Waals surface area contributed by atoms with E-state index in [-0.39, 0.29) is 11.8 Å². The summed E-state index contributed by atoms with van der Waals surface area (Å²) < 4.78 is 26.7. The Bertz CT molecular complexity index is 845. The van der Waals surface area contributed by atoms with E-state index >= 15 is 0 Å². The summed E-state index contributed by atoms with van der Waals surface area (Å²) in [5.74, 6) is -0.252. The van der Waals surface area contributed by atoms with Gasteiger partial charge in [0.05, 0.1) is 4.90 Å². The second-order valence-electron chi connectivity index (χ2n) is 6.17. The minimum Gasteiger partial charge on any atom is -0.326 e. The normalized spacial score (nSPS) is 16.5. The summed E-state index contributed by atoms with van der Waals surface area (Å²) >= 11 is 0. The van der Waals surface area contributed by atoms with Crippen LogP contribution < -0.4 is 5.32 Å². The number of anilines is 1. The Labute approximate surface area is 147 Å². The third-order valence-corrected chi connectivity index (χ3v) is 6.28. The zero-order valence-electron chi connectivity index (χ0n) is 14.1. The van der Waals surface area contributed by atoms with Gasteiger partial charge in [0.2, 0.25) is 15.9 Å². The second kappa shape index (κ2) is 7.33. The minimum absolute atomic E-state index is 0.0673. The van der Waals surface area contributed by atoms with Crippen molar-refractivity contribution in [2.45, 2.75) is 24.7 Å². The molecule has 0 radical (unpaired) electrons. The molecule has 1 saturated heterocycles. The summed E-state index contributed by atoms with van der Waals surface area (Å²) in [6.07, 6.45) is 2.68. The molecule has 7 heteroatoms. The largest absolute Gasteiger partial charge is 0.326 e. The van der Waals surface area contributed by atoms with E-state index in [0.29, 0.717) is 30.8 Å². The number of hydrogen-bond acceptors (Lipinski definition) is 4. The van der Waals surface area contributed by atoms with E-state index in [4.69, 9.17) is 0 Å². The minimum atomic E-state index is -3.48. The molecule has 0 unspecified atom stereocenters. The van der Waals surface area contributed by atoms with Gasteiger partial charge < -0.3 is 5.32 Å². The number of nitrogens with one attached hydrogen (secondary N) is 1. The van der Waals surface area contributed by atoms with E-state index in [1.807, 2.05) is 13.0 Å². The van der Waals surface area contributed by atoms with Gasteiger partial charge in [0, 0.05) is 36.6 Å². The van der Waals surface area contributed by atoms with E-state index in [2.05, 4.69) is 10.3 Å². The van der Waals surface area contributed by atoms with Gasteiger partial charge in [-0.2, -0.15) is 4.31 Å². The fraction of sp³-hybridized carbons (Fsp3) is 0.333. The number of sulfonamides is 1. The maximum absolute atomic E-state index is 12.6. The molecule has 25 heavy (non-hydrogen) atoms. The average molecular weight is 359 g/mol. The smallest absolute Gasteiger partial charge is 0.243 e. The highest BCUT2D eigenvalue weighted by Crippen LogP contribution is 2.24. The van der Waals surface area contributed by atoms with Crippen LogP contribution >= 0.6 is 0 Å². The molecule has 1 aromatic heterocycles. The second-order valence-corrected chi connectivity index (χ2v) is 8.10. The molecule has 2 aromatic rings. The van der Waals surface area contributed by atoms with E-state index in [1.54, 1.807) is 42.6 Å². The van der Waals surface area contributed by atoms with Gasteiger partial charge in [-0.15, -0.1) is 0 Å². The molecule has 6 nitrogen and oxygen atoms in total. The third kappa shape index (κ3) is 4.05. The Hall–Kier alpha value is -2.25. The van der Waals surface area contributed by atoms with Gasteiger partial charge in [0.15, 0.2) is 0 Å². The quantitative estimate of drug-likeness (QED) is 0.909. The SMILES string of the molecule is Cc1cc(NC(=O)C2CCN(S(=O)(=O)c3ccccc3)CC2)ccn1. The Balaban J connectivity index is 1.61. The van der Waals surface area contributed by atoms with Crippen LogP contribution in [-0.4, -0.2) is 36.7 Å². The number of aromatic nitrogens is 1. The topological polar surface area (TPSA) is 79.4 Å². The van der Waals surface area contributed by atoms with Crippen molar-refractivity contribution in [2.24, 2.45) is 5.92 Å². The summed E-state index contributed by atoms with van der Waals surface area (Å²) in [6.45, 7) is 2.57. The third-order valence-electron chi connectivity index (χ3n) is 4.37. The van der Waals surface area contributed by atoms with E-state index < -0.39 is 10.0 Å². The molecule has 132 valence electrons. The highest BCUT2D eigenvalue weighted by molar-refractivity contribution is 7.89. The van der Waals surface area contributed by atoms with Crippen LogP contribution in [0.3, 0.4) is 0 Å². The fourth-order valence-electron chi connectivity index (χ4n) is 2.97. The number of carbonyl (C=O) groups is 1. The van der Waals surface area contributed by atoms with E-state index in [9.17, 15) is 13.2 Å². The van der Waals surface area contributed by atoms with Crippen molar-refractivity contribution < 1.29 is 13.2 Å². The van der Waals surface area contributed by atoms with Crippen LogP contribution in [0.15, 0.2) is 53.6 Å². The number of piperidine rings is 1. The molecular formula is C18H21N3O3S. The molecule has 2 heterocycles. The van der Waals surface area contributed by atoms with Crippen molar-refractivity contribution in [1.82, 2.24) is 9.29 Å². The van der Waals surface area contributed by atoms with Gasteiger partial charge in [0.25, 0.3) is 0 Å². The van der Waals surface area contributed by atoms with Crippen molar-refractivity contribution in [3.63, 3.8) is 0 Å². The highest BCUT2D eigenvalue weighted by Gasteiger charge is 2.32. The van der Waals surface area contributed by atoms with E-state index in [0.717, 1.165) is 11.4 Å². The summed E-state index contributed by atoms with van der Waals surface area (Å²) in [5.41, 5.74) is 1.55. The number of aryl methyl sites for hydroxylation is 1. The first-order valence-corrected chi connectivity index (χ1v) is 9.69. The Morgan fingerprint density at radius 1 is 1.16 bits per heavy atom. The van der Waals surface area contributed by atoms with Crippen molar-refractivity contribution in [2.75, 3.05) is 18.4 Å². The first-order valence-electron chi connectivity index (χ1n) is 8.25. The number of pyridine rings is 1. The van der Waals surface area contributed by atoms with Gasteiger partial charge in [-0.05, 0) is 44.0 Å². The molecule has 0 bridgehead atoms. The van der Waals surface area contributed by atoms with Crippen molar-refractivity contribution in [1.29, 1.82) is 0 Å². The molecule has 1 aromatic carbocycles. The molecule has 1 aliphatic rings. The first-order chi connectivity index (χ1) is 12.0. The zero-order valence-corrected chi connectivity index (χ0v) is 14.9. The number of rotatable bonds is 4. The van der Waals surface area contributed by atoms with Gasteiger partial charge in [-0.1, -0.05) is 18.2 Å². The van der Waals surface area contributed by atoms with Crippen LogP contribution in [0.1, 0.15) is 18.5 Å². The average Bonchev–Trinajstić information content (AvgIpc) is 2.62. The summed E-state index contributed by atoms with van der Waals surface area (Å²) in [4.78, 5) is 16.8. The molecule has 0 aliphatic carbocycles. The lowest BCUT2D eigenvalue weighted by molar-refractivity contribution is -0.120. The molecule has 0 spiro atoms. The van der Waals surface area contributed by atoms with Crippen LogP contribution in [-0.2, 0) is 14.8 Å². The predicted octanol–water partition coefficient (Wildman–Crippen LogP) is 2.43. The van der Waals surface area contributed by atoms with Crippen LogP contribution in [0, 0.1) is 12.8 Å². The van der Waals surface area contributed by atoms with Crippen LogP contribution in [0.4, 0.5) is 5.69 Å². The molecular weight excluding hydrogens is 338 g/mol. The molecule has 1 N–H and O–H groups in total. The predicted molar refractivity (Wildman–Crippen MR) is 95.5 cm³/mol. The van der Waals surface area contributed by atoms with Gasteiger partial charge in [-0.3, -0.25) is 9.78 Å². The highest BCUT2D eigenvalue weighted by atomic mass is 32.2. The maximum Gasteiger partial charge on any atom is 0.243 e. The molecule has 1 amide bonds. The Morgan fingerprint density at radius 3 is 2.48 bits per heavy atom. The summed E-state index contributed by atoms with van der Waals surface area (Å²) in [7, 11) is -3.48. The maximum atomic E-state index is 12.6. The van der Waals surface area contributed by atoms with Crippen molar-refractivity contribution >= 4 is 21.6 Å². The van der Waals surface area contributed by atoms with Gasteiger partial charge >= 0.3 is 0 Å². The van der Waals surface area contributed by atoms with Crippen LogP contribution in [0.25, 0.3) is 0 Å². The zero-order chi connectivity index (χ0) is 17.9. The monoisotopic (exact) mass is 359 g/mol. The fourth-order valence-corrected chi connectivity index (χ4v) is 4.46. The Kier molecular flexibility index (Phi) is 5.15. The number of benzene rings is 1. The molecule has 0 atom stereocenters. The molecule has 0 saturated carbocycles. The van der Waals surface area contributed by atoms with Crippen molar-refractivity contribution in [3.8, 4) is 0 Å². The number of hydrogen-bond donors (Lipinski definition) is 1. The van der Waals surface area contributed by atoms with Crippen LogP contribution in [0.2, 0.25) is 0 Å². The molecule has 1 aliphatic heterocycles. The summed E-state index contributed by atoms with van der Waals surface area (Å²) in [5, 5.41) is 2.89. The van der Waals surface area contributed by atoms with Gasteiger partial charge in [-0.25, -0.2) is 8.42 Å². The molecule has 3 rings (SSSR count). The standard InChI is InChI=1S/C18H21N3O3S/c1-14-13-16(7-10-19-14)20-18(22)15-8-11-21(12-9-15)25(23,24)17-5-3-2-4-6-17/h2-7,10,13,15H,8-9,11-12H2,1H3,(H,19,20,22). The summed E-state index contributed by atoms with van der Waals surface area (Å²) in [6, 6.07) is 12.0. The molecule has 1 fully saturated rings. The van der Waals surface area contributed by atoms with Crippen LogP contribution in [0.5, 0.6) is 0 Å². The lowest BCUT2D eigenvalue weighted by Crippen LogP contribution is -2.41. The first kappa shape index (κ1) is 17.6. The lowest BCUT2D eigenvalue weighted by Gasteiger charge is -2.30. The Morgan fingerprint density at radius 2 is 1.84 bits per heavy atom. The number of carbonyl (C=O) groups excluding carboxylic acids is 1. The van der Waals surface area contributed by atoms with E-state index in [1.165, 1.54) is 4.31 Å². The lowest BCUT2D eigenvalue weighted by atomic mass is 9.97.